The standard InChI is InChI=1S/C23H18F4N6O2/c1-10-19-20(28)30-15-8-14(24)13(7-17(15)33(19)9-29-10)22(34)32-5-4-11-6-16(32)12-2-3-18(23(25,26)27)31-21(12)35-11/h2-3,7-9,11,16H,4-6H2,1H3,(H2,28,30)/t11-,16+/m0/s1. The summed E-state index contributed by atoms with van der Waals surface area (Å²) in [5.74, 6) is -1.31. The first-order chi connectivity index (χ1) is 16.6. The van der Waals surface area contributed by atoms with Crippen LogP contribution in [0.4, 0.5) is 23.4 Å². The van der Waals surface area contributed by atoms with Crippen LogP contribution in [0.3, 0.4) is 0 Å². The van der Waals surface area contributed by atoms with Gasteiger partial charge in [-0.05, 0) is 25.1 Å². The molecule has 8 nitrogen and oxygen atoms in total. The number of rotatable bonds is 1. The van der Waals surface area contributed by atoms with Gasteiger partial charge in [0.25, 0.3) is 5.91 Å². The molecule has 2 aliphatic rings. The number of amides is 1. The molecule has 2 bridgehead atoms. The summed E-state index contributed by atoms with van der Waals surface area (Å²) in [6, 6.07) is 4.11. The Labute approximate surface area is 195 Å². The van der Waals surface area contributed by atoms with Gasteiger partial charge in [0.1, 0.15) is 35.3 Å². The van der Waals surface area contributed by atoms with E-state index in [9.17, 15) is 18.0 Å². The average Bonchev–Trinajstić information content (AvgIpc) is 3.20. The van der Waals surface area contributed by atoms with Crippen molar-refractivity contribution in [2.75, 3.05) is 12.3 Å². The summed E-state index contributed by atoms with van der Waals surface area (Å²) in [4.78, 5) is 27.2. The number of nitrogens with zero attached hydrogens (tertiary/aromatic N) is 5. The zero-order chi connectivity index (χ0) is 24.6. The molecule has 1 saturated heterocycles. The molecular formula is C23H18F4N6O2. The second kappa shape index (κ2) is 7.27. The summed E-state index contributed by atoms with van der Waals surface area (Å²) in [5.41, 5.74) is 7.06. The van der Waals surface area contributed by atoms with Gasteiger partial charge in [0.15, 0.2) is 0 Å². The lowest BCUT2D eigenvalue weighted by molar-refractivity contribution is -0.141. The lowest BCUT2D eigenvalue weighted by Crippen LogP contribution is -2.47. The summed E-state index contributed by atoms with van der Waals surface area (Å²) < 4.78 is 61.9. The average molecular weight is 486 g/mol. The lowest BCUT2D eigenvalue weighted by atomic mass is 9.90. The number of carbonyl (C=O) groups is 1. The van der Waals surface area contributed by atoms with E-state index in [1.165, 1.54) is 23.4 Å². The summed E-state index contributed by atoms with van der Waals surface area (Å²) in [6.45, 7) is 2.02. The fourth-order valence-electron chi connectivity index (χ4n) is 4.96. The van der Waals surface area contributed by atoms with E-state index < -0.39 is 29.6 Å². The first kappa shape index (κ1) is 21.6. The summed E-state index contributed by atoms with van der Waals surface area (Å²) in [7, 11) is 0. The summed E-state index contributed by atoms with van der Waals surface area (Å²) in [5, 5.41) is 0. The number of carbonyl (C=O) groups excluding carboxylic acids is 1. The smallest absolute Gasteiger partial charge is 0.433 e. The molecule has 0 radical (unpaired) electrons. The van der Waals surface area contributed by atoms with Crippen molar-refractivity contribution in [2.24, 2.45) is 0 Å². The maximum Gasteiger partial charge on any atom is 0.433 e. The van der Waals surface area contributed by atoms with E-state index >= 15 is 4.39 Å². The first-order valence-corrected chi connectivity index (χ1v) is 10.9. The molecule has 2 N–H and O–H groups in total. The number of likely N-dealkylation sites (tertiary alicyclic amines) is 1. The molecule has 3 aromatic heterocycles. The van der Waals surface area contributed by atoms with E-state index in [1.807, 2.05) is 0 Å². The number of alkyl halides is 3. The molecule has 6 rings (SSSR count). The van der Waals surface area contributed by atoms with Gasteiger partial charge in [0, 0.05) is 31.0 Å². The normalized spacial score (nSPS) is 19.6. The molecule has 35 heavy (non-hydrogen) atoms. The number of piperidine rings is 1. The Kier molecular flexibility index (Phi) is 4.48. The van der Waals surface area contributed by atoms with Crippen LogP contribution in [-0.2, 0) is 6.18 Å². The van der Waals surface area contributed by atoms with Crippen molar-refractivity contribution in [3.63, 3.8) is 0 Å². The van der Waals surface area contributed by atoms with Crippen molar-refractivity contribution in [3.8, 4) is 5.88 Å². The van der Waals surface area contributed by atoms with Crippen LogP contribution < -0.4 is 10.5 Å². The quantitative estimate of drug-likeness (QED) is 0.408. The Bertz CT molecular complexity index is 1530. The van der Waals surface area contributed by atoms with Crippen molar-refractivity contribution in [3.05, 3.63) is 58.9 Å². The third kappa shape index (κ3) is 3.27. The number of imidazole rings is 1. The van der Waals surface area contributed by atoms with Gasteiger partial charge in [-0.3, -0.25) is 9.20 Å². The van der Waals surface area contributed by atoms with Crippen molar-refractivity contribution in [1.29, 1.82) is 0 Å². The predicted octanol–water partition coefficient (Wildman–Crippen LogP) is 4.06. The van der Waals surface area contributed by atoms with Crippen molar-refractivity contribution in [2.45, 2.75) is 38.1 Å². The fourth-order valence-corrected chi connectivity index (χ4v) is 4.96. The number of nitrogens with two attached hydrogens (primary N) is 1. The van der Waals surface area contributed by atoms with Crippen LogP contribution in [-0.4, -0.2) is 42.8 Å². The highest BCUT2D eigenvalue weighted by Gasteiger charge is 2.42. The summed E-state index contributed by atoms with van der Waals surface area (Å²) >= 11 is 0. The number of hydrogen-bond acceptors (Lipinski definition) is 6. The number of nitrogen functional groups attached to an aromatic ring is 1. The van der Waals surface area contributed by atoms with E-state index in [-0.39, 0.29) is 35.4 Å². The van der Waals surface area contributed by atoms with Gasteiger partial charge in [0.05, 0.1) is 28.3 Å². The van der Waals surface area contributed by atoms with Crippen molar-refractivity contribution >= 4 is 28.3 Å². The van der Waals surface area contributed by atoms with Crippen LogP contribution in [0, 0.1) is 12.7 Å². The molecule has 5 heterocycles. The number of hydrogen-bond donors (Lipinski definition) is 1. The number of aryl methyl sites for hydroxylation is 1. The monoisotopic (exact) mass is 486 g/mol. The van der Waals surface area contributed by atoms with Gasteiger partial charge in [-0.25, -0.2) is 19.3 Å². The van der Waals surface area contributed by atoms with Crippen molar-refractivity contribution < 1.29 is 27.1 Å². The van der Waals surface area contributed by atoms with Gasteiger partial charge in [-0.1, -0.05) is 0 Å². The SMILES string of the molecule is Cc1ncn2c1c(N)nc1cc(F)c(C(=O)N3CC[C@H]4C[C@@H]3c3ccc(C(F)(F)F)nc3O4)cc12. The third-order valence-corrected chi connectivity index (χ3v) is 6.62. The van der Waals surface area contributed by atoms with Crippen LogP contribution in [0.5, 0.6) is 5.88 Å². The Morgan fingerprint density at radius 1 is 1.23 bits per heavy atom. The molecule has 180 valence electrons. The maximum atomic E-state index is 15.1. The number of benzene rings is 1. The molecule has 0 unspecified atom stereocenters. The van der Waals surface area contributed by atoms with E-state index in [0.717, 1.165) is 12.1 Å². The number of halogens is 4. The van der Waals surface area contributed by atoms with Crippen LogP contribution in [0.25, 0.3) is 16.6 Å². The zero-order valence-corrected chi connectivity index (χ0v) is 18.3. The minimum atomic E-state index is -4.62. The molecule has 1 aromatic carbocycles. The van der Waals surface area contributed by atoms with Crippen LogP contribution >= 0.6 is 0 Å². The highest BCUT2D eigenvalue weighted by atomic mass is 19.4. The molecule has 0 spiro atoms. The highest BCUT2D eigenvalue weighted by molar-refractivity contribution is 5.99. The molecule has 4 aromatic rings. The summed E-state index contributed by atoms with van der Waals surface area (Å²) in [6.07, 6.45) is -2.71. The molecule has 0 aliphatic carbocycles. The number of aromatic nitrogens is 4. The number of pyridine rings is 1. The number of anilines is 1. The Morgan fingerprint density at radius 3 is 2.80 bits per heavy atom. The molecule has 1 amide bonds. The van der Waals surface area contributed by atoms with E-state index in [4.69, 9.17) is 10.5 Å². The molecule has 1 fully saturated rings. The van der Waals surface area contributed by atoms with Crippen LogP contribution in [0.1, 0.15) is 46.2 Å². The molecule has 2 atom stereocenters. The van der Waals surface area contributed by atoms with Crippen LogP contribution in [0.15, 0.2) is 30.6 Å². The van der Waals surface area contributed by atoms with Gasteiger partial charge in [-0.15, -0.1) is 0 Å². The van der Waals surface area contributed by atoms with Gasteiger partial charge >= 0.3 is 6.18 Å². The Balaban J connectivity index is 1.43. The minimum absolute atomic E-state index is 0.146. The number of ether oxygens (including phenoxy) is 1. The van der Waals surface area contributed by atoms with Gasteiger partial charge in [-0.2, -0.15) is 13.2 Å². The zero-order valence-electron chi connectivity index (χ0n) is 18.3. The third-order valence-electron chi connectivity index (χ3n) is 6.62. The van der Waals surface area contributed by atoms with Crippen molar-refractivity contribution in [1.82, 2.24) is 24.3 Å². The van der Waals surface area contributed by atoms with Crippen LogP contribution in [0.2, 0.25) is 0 Å². The topological polar surface area (TPSA) is 98.6 Å². The fraction of sp³-hybridized carbons (Fsp3) is 0.304. The Hall–Kier alpha value is -3.96. The second-order valence-corrected chi connectivity index (χ2v) is 8.73. The number of fused-ring (bicyclic) bond motifs is 7. The molecule has 2 aliphatic heterocycles. The predicted molar refractivity (Wildman–Crippen MR) is 116 cm³/mol. The highest BCUT2D eigenvalue weighted by Crippen LogP contribution is 2.43. The Morgan fingerprint density at radius 2 is 2.03 bits per heavy atom. The van der Waals surface area contributed by atoms with Gasteiger partial charge in [0.2, 0.25) is 5.88 Å². The first-order valence-electron chi connectivity index (χ1n) is 10.9. The van der Waals surface area contributed by atoms with E-state index in [2.05, 4.69) is 15.0 Å². The lowest BCUT2D eigenvalue weighted by Gasteiger charge is -2.43. The molecule has 12 heteroatoms. The largest absolute Gasteiger partial charge is 0.474 e. The van der Waals surface area contributed by atoms with E-state index in [1.54, 1.807) is 11.3 Å². The van der Waals surface area contributed by atoms with Gasteiger partial charge < -0.3 is 15.4 Å². The molecule has 0 saturated carbocycles. The second-order valence-electron chi connectivity index (χ2n) is 8.73. The molecular weight excluding hydrogens is 468 g/mol. The minimum Gasteiger partial charge on any atom is -0.474 e. The maximum absolute atomic E-state index is 15.1. The van der Waals surface area contributed by atoms with E-state index in [0.29, 0.717) is 35.1 Å².